The second-order valence-corrected chi connectivity index (χ2v) is 7.17. The highest BCUT2D eigenvalue weighted by molar-refractivity contribution is 6.30. The average Bonchev–Trinajstić information content (AvgIpc) is 2.93. The van der Waals surface area contributed by atoms with Crippen molar-refractivity contribution in [3.05, 3.63) is 52.0 Å². The van der Waals surface area contributed by atoms with Crippen LogP contribution in [0.3, 0.4) is 0 Å². The number of halogens is 3. The van der Waals surface area contributed by atoms with E-state index in [1.54, 1.807) is 0 Å². The fourth-order valence-corrected chi connectivity index (χ4v) is 3.55. The van der Waals surface area contributed by atoms with Gasteiger partial charge in [0, 0.05) is 36.2 Å². The molecule has 0 spiro atoms. The molecule has 4 rings (SSSR count). The summed E-state index contributed by atoms with van der Waals surface area (Å²) in [4.78, 5) is 1.97. The summed E-state index contributed by atoms with van der Waals surface area (Å²) in [6, 6.07) is 7.51. The third-order valence-corrected chi connectivity index (χ3v) is 5.13. The van der Waals surface area contributed by atoms with Crippen LogP contribution < -0.4 is 15.5 Å². The average molecular weight is 376 g/mol. The summed E-state index contributed by atoms with van der Waals surface area (Å²) < 4.78 is 29.0. The Labute approximate surface area is 155 Å². The lowest BCUT2D eigenvalue weighted by atomic mass is 10.1. The van der Waals surface area contributed by atoms with Gasteiger partial charge in [0.15, 0.2) is 5.82 Å². The molecule has 3 nitrogen and oxygen atoms in total. The second kappa shape index (κ2) is 6.88. The van der Waals surface area contributed by atoms with Crippen molar-refractivity contribution in [2.45, 2.75) is 31.6 Å². The van der Waals surface area contributed by atoms with Crippen LogP contribution in [0.4, 0.5) is 14.6 Å². The molecule has 1 aliphatic carbocycles. The standard InChI is InChI=1S/C20H20ClF2N3/c21-15-7-9-16(10-8-15)26-18-6-4-2-1-3-5-17(18)19(24-26)25-13-11-20(22,23)12-14-25/h1,3,5-10H,2,4,11-14H2/b3-1-,17-5+,18-6-. The summed E-state index contributed by atoms with van der Waals surface area (Å²) in [5.41, 5.74) is 0.911. The Bertz CT molecular complexity index is 935. The smallest absolute Gasteiger partial charge is 0.251 e. The third kappa shape index (κ3) is 3.40. The van der Waals surface area contributed by atoms with Crippen molar-refractivity contribution in [3.63, 3.8) is 0 Å². The summed E-state index contributed by atoms with van der Waals surface area (Å²) in [6.07, 6.45) is 9.96. The van der Waals surface area contributed by atoms with E-state index >= 15 is 0 Å². The van der Waals surface area contributed by atoms with Gasteiger partial charge in [0.05, 0.1) is 11.0 Å². The molecular weight excluding hydrogens is 356 g/mol. The molecule has 0 bridgehead atoms. The van der Waals surface area contributed by atoms with E-state index in [2.05, 4.69) is 12.2 Å². The van der Waals surface area contributed by atoms with Crippen molar-refractivity contribution in [2.24, 2.45) is 0 Å². The summed E-state index contributed by atoms with van der Waals surface area (Å²) >= 11 is 6.01. The Hall–Kier alpha value is -2.14. The van der Waals surface area contributed by atoms with Crippen LogP contribution in [0, 0.1) is 0 Å². The number of allylic oxidation sites excluding steroid dienone is 2. The minimum absolute atomic E-state index is 0.130. The minimum Gasteiger partial charge on any atom is -0.354 e. The lowest BCUT2D eigenvalue weighted by molar-refractivity contribution is -0.0221. The maximum atomic E-state index is 13.6. The van der Waals surface area contributed by atoms with Crippen molar-refractivity contribution in [2.75, 3.05) is 18.0 Å². The van der Waals surface area contributed by atoms with Gasteiger partial charge in [-0.05, 0) is 43.2 Å². The highest BCUT2D eigenvalue weighted by Crippen LogP contribution is 2.29. The van der Waals surface area contributed by atoms with E-state index in [1.807, 2.05) is 46.0 Å². The van der Waals surface area contributed by atoms with Crippen molar-refractivity contribution in [1.82, 2.24) is 9.78 Å². The molecule has 1 saturated heterocycles. The zero-order valence-electron chi connectivity index (χ0n) is 14.3. The van der Waals surface area contributed by atoms with E-state index in [9.17, 15) is 8.78 Å². The Morgan fingerprint density at radius 1 is 1.04 bits per heavy atom. The van der Waals surface area contributed by atoms with Gasteiger partial charge < -0.3 is 4.90 Å². The number of rotatable bonds is 2. The SMILES string of the molecule is FC1(F)CCN(c2nn(-c3ccc(Cl)cc3)c3/c2=C\C=C/CC/C=3)CC1. The van der Waals surface area contributed by atoms with Crippen LogP contribution in [-0.4, -0.2) is 28.8 Å². The normalized spacial score (nSPS) is 23.0. The molecule has 2 aromatic rings. The number of piperidine rings is 1. The van der Waals surface area contributed by atoms with Gasteiger partial charge in [-0.1, -0.05) is 29.8 Å². The predicted molar refractivity (Wildman–Crippen MR) is 102 cm³/mol. The fraction of sp³-hybridized carbons (Fsp3) is 0.350. The van der Waals surface area contributed by atoms with Crippen LogP contribution >= 0.6 is 11.6 Å². The number of nitrogens with zero attached hydrogens (tertiary/aromatic N) is 3. The maximum absolute atomic E-state index is 13.6. The van der Waals surface area contributed by atoms with Crippen LogP contribution in [-0.2, 0) is 0 Å². The van der Waals surface area contributed by atoms with Gasteiger partial charge in [-0.15, -0.1) is 5.10 Å². The first-order chi connectivity index (χ1) is 12.5. The van der Waals surface area contributed by atoms with Gasteiger partial charge >= 0.3 is 0 Å². The van der Waals surface area contributed by atoms with Crippen LogP contribution in [0.1, 0.15) is 25.7 Å². The largest absolute Gasteiger partial charge is 0.354 e. The van der Waals surface area contributed by atoms with E-state index in [0.29, 0.717) is 18.1 Å². The predicted octanol–water partition coefficient (Wildman–Crippen LogP) is 3.67. The Morgan fingerprint density at radius 3 is 2.50 bits per heavy atom. The molecular formula is C20H20ClF2N3. The number of hydrogen-bond acceptors (Lipinski definition) is 2. The number of hydrogen-bond donors (Lipinski definition) is 0. The molecule has 6 heteroatoms. The zero-order valence-corrected chi connectivity index (χ0v) is 15.1. The molecule has 0 atom stereocenters. The second-order valence-electron chi connectivity index (χ2n) is 6.73. The topological polar surface area (TPSA) is 21.1 Å². The lowest BCUT2D eigenvalue weighted by Gasteiger charge is -2.31. The highest BCUT2D eigenvalue weighted by atomic mass is 35.5. The first kappa shape index (κ1) is 17.3. The third-order valence-electron chi connectivity index (χ3n) is 4.88. The van der Waals surface area contributed by atoms with E-state index in [1.165, 1.54) is 0 Å². The first-order valence-electron chi connectivity index (χ1n) is 8.88. The molecule has 1 aromatic carbocycles. The van der Waals surface area contributed by atoms with Crippen LogP contribution in [0.2, 0.25) is 5.02 Å². The maximum Gasteiger partial charge on any atom is 0.251 e. The molecule has 0 amide bonds. The van der Waals surface area contributed by atoms with Gasteiger partial charge in [0.1, 0.15) is 0 Å². The van der Waals surface area contributed by atoms with E-state index in [4.69, 9.17) is 16.7 Å². The van der Waals surface area contributed by atoms with Gasteiger partial charge in [-0.3, -0.25) is 0 Å². The van der Waals surface area contributed by atoms with Crippen LogP contribution in [0.15, 0.2) is 36.4 Å². The number of anilines is 1. The molecule has 2 heterocycles. The molecule has 2 aliphatic rings. The lowest BCUT2D eigenvalue weighted by Crippen LogP contribution is -2.42. The van der Waals surface area contributed by atoms with Gasteiger partial charge in [0.2, 0.25) is 0 Å². The highest BCUT2D eigenvalue weighted by Gasteiger charge is 2.35. The number of fused-ring (bicyclic) bond motifs is 1. The molecule has 0 radical (unpaired) electrons. The van der Waals surface area contributed by atoms with Gasteiger partial charge in [-0.2, -0.15) is 0 Å². The number of benzene rings is 1. The summed E-state index contributed by atoms with van der Waals surface area (Å²) in [5.74, 6) is -1.80. The first-order valence-corrected chi connectivity index (χ1v) is 9.26. The zero-order chi connectivity index (χ0) is 18.1. The molecule has 26 heavy (non-hydrogen) atoms. The van der Waals surface area contributed by atoms with Gasteiger partial charge in [-0.25, -0.2) is 13.5 Å². The summed E-state index contributed by atoms with van der Waals surface area (Å²) in [7, 11) is 0. The monoisotopic (exact) mass is 375 g/mol. The molecule has 1 aliphatic heterocycles. The van der Waals surface area contributed by atoms with E-state index in [-0.39, 0.29) is 12.8 Å². The van der Waals surface area contributed by atoms with Crippen molar-refractivity contribution >= 4 is 29.6 Å². The summed E-state index contributed by atoms with van der Waals surface area (Å²) in [5, 5.41) is 7.46. The number of alkyl halides is 2. The molecule has 0 unspecified atom stereocenters. The molecule has 0 N–H and O–H groups in total. The Balaban J connectivity index is 1.84. The molecule has 1 aromatic heterocycles. The minimum atomic E-state index is -2.57. The van der Waals surface area contributed by atoms with Crippen molar-refractivity contribution in [1.29, 1.82) is 0 Å². The molecule has 136 valence electrons. The van der Waals surface area contributed by atoms with E-state index < -0.39 is 5.92 Å². The van der Waals surface area contributed by atoms with Crippen molar-refractivity contribution in [3.8, 4) is 5.69 Å². The van der Waals surface area contributed by atoms with Gasteiger partial charge in [0.25, 0.3) is 5.92 Å². The quantitative estimate of drug-likeness (QED) is 0.798. The van der Waals surface area contributed by atoms with Crippen LogP contribution in [0.5, 0.6) is 0 Å². The Morgan fingerprint density at radius 2 is 1.77 bits per heavy atom. The molecule has 0 saturated carbocycles. The van der Waals surface area contributed by atoms with E-state index in [0.717, 1.165) is 34.9 Å². The van der Waals surface area contributed by atoms with Crippen molar-refractivity contribution < 1.29 is 8.78 Å². The molecule has 1 fully saturated rings. The fourth-order valence-electron chi connectivity index (χ4n) is 3.42. The Kier molecular flexibility index (Phi) is 4.57. The van der Waals surface area contributed by atoms with Crippen LogP contribution in [0.25, 0.3) is 17.8 Å². The summed E-state index contributed by atoms with van der Waals surface area (Å²) in [6.45, 7) is 0.628. The number of aromatic nitrogens is 2.